The molecule has 2 aliphatic carbocycles. The first-order valence-electron chi connectivity index (χ1n) is 12.1. The Balaban J connectivity index is 1.46. The number of aliphatic hydroxyl groups is 1. The number of aromatic nitrogens is 1. The minimum absolute atomic E-state index is 0.121. The molecule has 1 spiro atoms. The van der Waals surface area contributed by atoms with Crippen molar-refractivity contribution in [3.63, 3.8) is 0 Å². The Morgan fingerprint density at radius 2 is 1.85 bits per heavy atom. The lowest BCUT2D eigenvalue weighted by molar-refractivity contribution is 0.109. The summed E-state index contributed by atoms with van der Waals surface area (Å²) in [5.41, 5.74) is 8.29. The lowest BCUT2D eigenvalue weighted by Crippen LogP contribution is -2.38. The van der Waals surface area contributed by atoms with Gasteiger partial charge in [-0.3, -0.25) is 9.00 Å². The van der Waals surface area contributed by atoms with Gasteiger partial charge in [0.15, 0.2) is 0 Å². The van der Waals surface area contributed by atoms with Crippen molar-refractivity contribution in [2.75, 3.05) is 5.32 Å². The third kappa shape index (κ3) is 4.04. The first kappa shape index (κ1) is 22.3. The highest BCUT2D eigenvalue weighted by Crippen LogP contribution is 2.52. The number of H-pyrrole nitrogens is 1. The molecular weight excluding hydrogens is 436 g/mol. The summed E-state index contributed by atoms with van der Waals surface area (Å²) in [6, 6.07) is 7.49. The van der Waals surface area contributed by atoms with E-state index in [2.05, 4.69) is 15.3 Å². The fourth-order valence-corrected chi connectivity index (χ4v) is 7.72. The molecule has 33 heavy (non-hydrogen) atoms. The molecular formula is C25H32N4O3S. The second-order valence-electron chi connectivity index (χ2n) is 9.59. The number of aliphatic imine (C=N–C) groups is 1. The van der Waals surface area contributed by atoms with Crippen molar-refractivity contribution in [2.45, 2.75) is 86.0 Å². The number of fused-ring (bicyclic) bond motifs is 1. The van der Waals surface area contributed by atoms with Crippen LogP contribution in [-0.2, 0) is 10.8 Å². The minimum Gasteiger partial charge on any atom is -0.387 e. The summed E-state index contributed by atoms with van der Waals surface area (Å²) in [7, 11) is -1.24. The van der Waals surface area contributed by atoms with Gasteiger partial charge in [-0.05, 0) is 49.9 Å². The molecule has 1 aromatic carbocycles. The molecule has 2 heterocycles. The number of nitrogens with zero attached hydrogens (tertiary/aromatic N) is 1. The summed E-state index contributed by atoms with van der Waals surface area (Å²) < 4.78 is 12.7. The molecule has 0 saturated heterocycles. The van der Waals surface area contributed by atoms with Crippen LogP contribution >= 0.6 is 0 Å². The van der Waals surface area contributed by atoms with Gasteiger partial charge in [-0.1, -0.05) is 38.5 Å². The Labute approximate surface area is 196 Å². The van der Waals surface area contributed by atoms with Gasteiger partial charge in [0.1, 0.15) is 11.4 Å². The second-order valence-corrected chi connectivity index (χ2v) is 11.4. The highest BCUT2D eigenvalue weighted by Gasteiger charge is 2.52. The molecule has 0 bridgehead atoms. The van der Waals surface area contributed by atoms with Crippen molar-refractivity contribution >= 4 is 28.0 Å². The molecule has 5 N–H and O–H groups in total. The number of nitrogens with one attached hydrogen (secondary N) is 2. The molecule has 0 radical (unpaired) electrons. The molecule has 2 saturated carbocycles. The van der Waals surface area contributed by atoms with E-state index >= 15 is 0 Å². The quantitative estimate of drug-likeness (QED) is 0.399. The van der Waals surface area contributed by atoms with Crippen LogP contribution in [0.25, 0.3) is 0 Å². The molecule has 0 amide bonds. The molecule has 5 rings (SSSR count). The maximum absolute atomic E-state index is 13.3. The van der Waals surface area contributed by atoms with Crippen molar-refractivity contribution in [1.29, 1.82) is 0 Å². The lowest BCUT2D eigenvalue weighted by atomic mass is 9.82. The van der Waals surface area contributed by atoms with Crippen LogP contribution < -0.4 is 16.6 Å². The van der Waals surface area contributed by atoms with E-state index in [1.807, 2.05) is 6.07 Å². The molecule has 2 aromatic rings. The summed E-state index contributed by atoms with van der Waals surface area (Å²) >= 11 is 0. The Bertz CT molecular complexity index is 1150. The van der Waals surface area contributed by atoms with Crippen LogP contribution in [0.3, 0.4) is 0 Å². The standard InChI is InChI=1S/C25H32N4O3S/c26-23(21-19(11-14-27-24(21)31)28-16-7-3-1-4-8-16)29-17-9-10-20-18(15-17)22(30)25(33(20)32)12-5-2-6-13-25/h9-11,14-16,22,30H,1-8,12-13H2,(H2,26,29)(H2,27,28,31). The molecule has 176 valence electrons. The zero-order valence-electron chi connectivity index (χ0n) is 18.8. The van der Waals surface area contributed by atoms with E-state index in [4.69, 9.17) is 5.73 Å². The van der Waals surface area contributed by atoms with Crippen molar-refractivity contribution in [3.05, 3.63) is 51.9 Å². The van der Waals surface area contributed by atoms with Gasteiger partial charge >= 0.3 is 0 Å². The number of anilines is 1. The Morgan fingerprint density at radius 1 is 1.12 bits per heavy atom. The summed E-state index contributed by atoms with van der Waals surface area (Å²) in [4.78, 5) is 20.6. The molecule has 2 atom stereocenters. The molecule has 1 aromatic heterocycles. The van der Waals surface area contributed by atoms with Gasteiger partial charge in [-0.25, -0.2) is 4.99 Å². The van der Waals surface area contributed by atoms with Crippen LogP contribution in [0, 0.1) is 0 Å². The molecule has 1 aliphatic heterocycles. The van der Waals surface area contributed by atoms with Gasteiger partial charge in [-0.2, -0.15) is 0 Å². The van der Waals surface area contributed by atoms with Crippen LogP contribution in [-0.4, -0.2) is 30.9 Å². The number of pyridine rings is 1. The number of hydrogen-bond donors (Lipinski definition) is 4. The van der Waals surface area contributed by atoms with Gasteiger partial charge in [-0.15, -0.1) is 0 Å². The van der Waals surface area contributed by atoms with E-state index in [0.29, 0.717) is 33.4 Å². The molecule has 8 heteroatoms. The van der Waals surface area contributed by atoms with Crippen molar-refractivity contribution in [1.82, 2.24) is 4.98 Å². The SMILES string of the molecule is NC(=Nc1ccc2c(c1)C(O)C1(CCCCC1)S2=O)c1c(NC2CCCCC2)cc[nH]c1=O. The third-order valence-corrected chi connectivity index (χ3v) is 9.63. The number of rotatable bonds is 4. The highest BCUT2D eigenvalue weighted by atomic mass is 32.2. The first-order valence-corrected chi connectivity index (χ1v) is 13.2. The monoisotopic (exact) mass is 468 g/mol. The number of aromatic amines is 1. The van der Waals surface area contributed by atoms with Crippen LogP contribution in [0.4, 0.5) is 11.4 Å². The molecule has 7 nitrogen and oxygen atoms in total. The van der Waals surface area contributed by atoms with E-state index < -0.39 is 21.7 Å². The number of hydrogen-bond acceptors (Lipinski definition) is 5. The fraction of sp³-hybridized carbons (Fsp3) is 0.520. The average Bonchev–Trinajstić information content (AvgIpc) is 3.02. The first-order chi connectivity index (χ1) is 16.0. The average molecular weight is 469 g/mol. The maximum atomic E-state index is 13.3. The van der Waals surface area contributed by atoms with Crippen LogP contribution in [0.2, 0.25) is 0 Å². The van der Waals surface area contributed by atoms with Gasteiger partial charge in [0.05, 0.1) is 33.0 Å². The van der Waals surface area contributed by atoms with Gasteiger partial charge in [0, 0.05) is 22.7 Å². The van der Waals surface area contributed by atoms with Crippen LogP contribution in [0.1, 0.15) is 81.4 Å². The van der Waals surface area contributed by atoms with E-state index in [0.717, 1.165) is 44.9 Å². The van der Waals surface area contributed by atoms with E-state index in [1.54, 1.807) is 24.4 Å². The smallest absolute Gasteiger partial charge is 0.261 e. The normalized spacial score (nSPS) is 25.2. The summed E-state index contributed by atoms with van der Waals surface area (Å²) in [6.07, 6.45) is 11.2. The van der Waals surface area contributed by atoms with E-state index in [-0.39, 0.29) is 11.4 Å². The molecule has 2 fully saturated rings. The predicted molar refractivity (Wildman–Crippen MR) is 132 cm³/mol. The van der Waals surface area contributed by atoms with Gasteiger partial charge in [0.2, 0.25) is 0 Å². The Hall–Kier alpha value is -2.45. The number of amidine groups is 1. The maximum Gasteiger partial charge on any atom is 0.261 e. The molecule has 2 unspecified atom stereocenters. The lowest BCUT2D eigenvalue weighted by Gasteiger charge is -2.34. The predicted octanol–water partition coefficient (Wildman–Crippen LogP) is 4.01. The zero-order chi connectivity index (χ0) is 23.0. The van der Waals surface area contributed by atoms with Crippen molar-refractivity contribution in [3.8, 4) is 0 Å². The van der Waals surface area contributed by atoms with E-state index in [1.165, 1.54) is 19.3 Å². The summed E-state index contributed by atoms with van der Waals surface area (Å²) in [6.45, 7) is 0. The third-order valence-electron chi connectivity index (χ3n) is 7.49. The number of benzene rings is 1. The number of nitrogens with two attached hydrogens (primary N) is 1. The fourth-order valence-electron chi connectivity index (χ4n) is 5.72. The minimum atomic E-state index is -1.24. The van der Waals surface area contributed by atoms with Gasteiger partial charge in [0.25, 0.3) is 5.56 Å². The second kappa shape index (κ2) is 9.06. The Kier molecular flexibility index (Phi) is 6.14. The molecule has 3 aliphatic rings. The van der Waals surface area contributed by atoms with Gasteiger partial charge < -0.3 is 21.1 Å². The van der Waals surface area contributed by atoms with Crippen LogP contribution in [0.15, 0.2) is 45.1 Å². The number of aliphatic hydroxyl groups excluding tert-OH is 1. The van der Waals surface area contributed by atoms with Crippen molar-refractivity contribution < 1.29 is 9.32 Å². The Morgan fingerprint density at radius 3 is 2.61 bits per heavy atom. The van der Waals surface area contributed by atoms with E-state index in [9.17, 15) is 14.1 Å². The van der Waals surface area contributed by atoms with Crippen LogP contribution in [0.5, 0.6) is 0 Å². The largest absolute Gasteiger partial charge is 0.387 e. The summed E-state index contributed by atoms with van der Waals surface area (Å²) in [5, 5.41) is 14.6. The van der Waals surface area contributed by atoms with Crippen molar-refractivity contribution in [2.24, 2.45) is 10.7 Å². The zero-order valence-corrected chi connectivity index (χ0v) is 19.6. The highest BCUT2D eigenvalue weighted by molar-refractivity contribution is 7.87. The topological polar surface area (TPSA) is 121 Å². The summed E-state index contributed by atoms with van der Waals surface area (Å²) in [5.74, 6) is 0.121.